The summed E-state index contributed by atoms with van der Waals surface area (Å²) in [4.78, 5) is 40.4. The van der Waals surface area contributed by atoms with Gasteiger partial charge in [0.15, 0.2) is 0 Å². The molecule has 9 heteroatoms. The van der Waals surface area contributed by atoms with Gasteiger partial charge in [-0.15, -0.1) is 0 Å². The van der Waals surface area contributed by atoms with Crippen LogP contribution in [0.25, 0.3) is 0 Å². The van der Waals surface area contributed by atoms with E-state index in [1.165, 1.54) is 0 Å². The molecular formula is C24H36MoO8. The van der Waals surface area contributed by atoms with Crippen molar-refractivity contribution in [3.05, 3.63) is 0 Å². The van der Waals surface area contributed by atoms with Crippen molar-refractivity contribution in [1.82, 2.24) is 0 Å². The maximum absolute atomic E-state index is 10.1. The number of hydrogen-bond donors (Lipinski definition) is 0. The second kappa shape index (κ2) is 18.0. The molecule has 8 nitrogen and oxygen atoms in total. The molecule has 0 aromatic carbocycles. The third kappa shape index (κ3) is 13.8. The number of carbonyl (C=O) groups is 4. The van der Waals surface area contributed by atoms with Gasteiger partial charge in [0.2, 0.25) is 0 Å². The molecule has 0 saturated heterocycles. The molecule has 0 bridgehead atoms. The molecule has 33 heavy (non-hydrogen) atoms. The minimum absolute atomic E-state index is 0. The Morgan fingerprint density at radius 2 is 0.485 bits per heavy atom. The van der Waals surface area contributed by atoms with Crippen molar-refractivity contribution in [2.75, 3.05) is 0 Å². The molecule has 186 valence electrons. The van der Waals surface area contributed by atoms with Crippen molar-refractivity contribution in [1.29, 1.82) is 0 Å². The van der Waals surface area contributed by atoms with Crippen LogP contribution in [-0.4, -0.2) is 23.9 Å². The number of carboxylic acid groups (broad SMARTS) is 4. The Labute approximate surface area is 210 Å². The van der Waals surface area contributed by atoms with Crippen molar-refractivity contribution >= 4 is 23.9 Å². The number of carbonyl (C=O) groups excluding carboxylic acids is 4. The van der Waals surface area contributed by atoms with E-state index in [1.807, 2.05) is 0 Å². The van der Waals surface area contributed by atoms with E-state index in [9.17, 15) is 39.6 Å². The zero-order chi connectivity index (χ0) is 23.9. The summed E-state index contributed by atoms with van der Waals surface area (Å²) in [6, 6.07) is 0. The summed E-state index contributed by atoms with van der Waals surface area (Å²) in [6.45, 7) is 0. The Morgan fingerprint density at radius 1 is 0.364 bits per heavy atom. The molecule has 0 heterocycles. The van der Waals surface area contributed by atoms with Gasteiger partial charge in [-0.05, 0) is 75.0 Å². The normalized spacial score (nSPS) is 20.8. The summed E-state index contributed by atoms with van der Waals surface area (Å²) < 4.78 is 0. The topological polar surface area (TPSA) is 161 Å². The van der Waals surface area contributed by atoms with Crippen LogP contribution in [0, 0.1) is 23.7 Å². The molecule has 0 spiro atoms. The van der Waals surface area contributed by atoms with Crippen LogP contribution in [0.15, 0.2) is 0 Å². The van der Waals surface area contributed by atoms with E-state index in [-0.39, 0.29) is 44.7 Å². The molecule has 0 atom stereocenters. The van der Waals surface area contributed by atoms with Crippen molar-refractivity contribution in [3.8, 4) is 0 Å². The number of rotatable bonds is 4. The predicted octanol–water partition coefficient (Wildman–Crippen LogP) is -0.296. The molecule has 4 saturated carbocycles. The van der Waals surface area contributed by atoms with Crippen LogP contribution in [0.3, 0.4) is 0 Å². The molecule has 4 aliphatic rings. The van der Waals surface area contributed by atoms with Crippen LogP contribution >= 0.6 is 0 Å². The number of aliphatic carboxylic acids is 4. The van der Waals surface area contributed by atoms with Crippen molar-refractivity contribution in [2.45, 2.75) is 103 Å². The van der Waals surface area contributed by atoms with Crippen LogP contribution in [0.4, 0.5) is 0 Å². The number of hydrogen-bond acceptors (Lipinski definition) is 8. The first-order chi connectivity index (χ1) is 15.2. The second-order valence-electron chi connectivity index (χ2n) is 9.20. The molecule has 4 fully saturated rings. The van der Waals surface area contributed by atoms with Gasteiger partial charge < -0.3 is 39.6 Å². The molecule has 4 rings (SSSR count). The Kier molecular flexibility index (Phi) is 17.2. The Bertz CT molecular complexity index is 481. The van der Waals surface area contributed by atoms with E-state index in [1.54, 1.807) is 0 Å². The van der Waals surface area contributed by atoms with Crippen LogP contribution < -0.4 is 20.4 Å². The summed E-state index contributed by atoms with van der Waals surface area (Å²) in [6.07, 6.45) is 15.2. The average Bonchev–Trinajstić information content (AvgIpc) is 3.56. The fourth-order valence-electron chi connectivity index (χ4n) is 4.65. The summed E-state index contributed by atoms with van der Waals surface area (Å²) in [5, 5.41) is 40.4. The smallest absolute Gasteiger partial charge is 0.550 e. The van der Waals surface area contributed by atoms with E-state index in [0.717, 1.165) is 103 Å². The standard InChI is InChI=1S/4C6H10O2.Mo/c4*7-6(8)5-3-1-2-4-5;/h4*5H,1-4H2,(H,7,8);/q;;;;+4/p-4. The number of carboxylic acids is 4. The van der Waals surface area contributed by atoms with Gasteiger partial charge in [-0.2, -0.15) is 0 Å². The van der Waals surface area contributed by atoms with Crippen molar-refractivity contribution in [3.63, 3.8) is 0 Å². The van der Waals surface area contributed by atoms with Gasteiger partial charge in [0.1, 0.15) is 0 Å². The van der Waals surface area contributed by atoms with Gasteiger partial charge in [0, 0.05) is 23.9 Å². The van der Waals surface area contributed by atoms with E-state index >= 15 is 0 Å². The second-order valence-corrected chi connectivity index (χ2v) is 9.20. The van der Waals surface area contributed by atoms with E-state index in [2.05, 4.69) is 0 Å². The fourth-order valence-corrected chi connectivity index (χ4v) is 4.65. The molecule has 0 unspecified atom stereocenters. The van der Waals surface area contributed by atoms with Gasteiger partial charge in [-0.3, -0.25) is 0 Å². The fraction of sp³-hybridized carbons (Fsp3) is 0.833. The molecule has 4 aliphatic carbocycles. The average molecular weight is 548 g/mol. The van der Waals surface area contributed by atoms with E-state index in [0.29, 0.717) is 0 Å². The van der Waals surface area contributed by atoms with Crippen LogP contribution in [0.2, 0.25) is 0 Å². The maximum Gasteiger partial charge on any atom is 4.00 e. The SMILES string of the molecule is O=C([O-])C1CCCC1.O=C([O-])C1CCCC1.O=C([O-])C1CCCC1.O=C([O-])C1CCCC1.[Mo+4]. The van der Waals surface area contributed by atoms with Gasteiger partial charge in [-0.25, -0.2) is 0 Å². The Morgan fingerprint density at radius 3 is 0.545 bits per heavy atom. The molecule has 0 radical (unpaired) electrons. The molecule has 0 aromatic rings. The first-order valence-corrected chi connectivity index (χ1v) is 12.1. The summed E-state index contributed by atoms with van der Waals surface area (Å²) in [5.74, 6) is -3.95. The quantitative estimate of drug-likeness (QED) is 0.433. The Balaban J connectivity index is 0.000000410. The van der Waals surface area contributed by atoms with Gasteiger partial charge in [-0.1, -0.05) is 51.4 Å². The van der Waals surface area contributed by atoms with E-state index in [4.69, 9.17) is 0 Å². The molecule has 0 aliphatic heterocycles. The van der Waals surface area contributed by atoms with Crippen LogP contribution in [0.5, 0.6) is 0 Å². The van der Waals surface area contributed by atoms with Gasteiger partial charge in [0.25, 0.3) is 0 Å². The third-order valence-electron chi connectivity index (χ3n) is 6.75. The van der Waals surface area contributed by atoms with Crippen molar-refractivity contribution < 1.29 is 60.7 Å². The predicted molar refractivity (Wildman–Crippen MR) is 108 cm³/mol. The molecule has 0 N–H and O–H groups in total. The minimum atomic E-state index is -0.859. The van der Waals surface area contributed by atoms with E-state index < -0.39 is 23.9 Å². The minimum Gasteiger partial charge on any atom is -0.550 e. The van der Waals surface area contributed by atoms with Gasteiger partial charge >= 0.3 is 21.1 Å². The molecule has 0 amide bonds. The first kappa shape index (κ1) is 31.6. The zero-order valence-corrected chi connectivity index (χ0v) is 21.3. The monoisotopic (exact) mass is 550 g/mol. The largest absolute Gasteiger partial charge is 4.00 e. The van der Waals surface area contributed by atoms with Crippen molar-refractivity contribution in [2.24, 2.45) is 23.7 Å². The van der Waals surface area contributed by atoms with Crippen LogP contribution in [-0.2, 0) is 40.2 Å². The first-order valence-electron chi connectivity index (χ1n) is 12.1. The Hall–Kier alpha value is -1.43. The zero-order valence-electron chi connectivity index (χ0n) is 19.3. The third-order valence-corrected chi connectivity index (χ3v) is 6.75. The maximum atomic E-state index is 10.1. The summed E-state index contributed by atoms with van der Waals surface area (Å²) in [5.41, 5.74) is 0. The molecular weight excluding hydrogens is 512 g/mol. The van der Waals surface area contributed by atoms with Gasteiger partial charge in [0.05, 0.1) is 0 Å². The molecule has 0 aromatic heterocycles. The van der Waals surface area contributed by atoms with Crippen LogP contribution in [0.1, 0.15) is 103 Å². The summed E-state index contributed by atoms with van der Waals surface area (Å²) >= 11 is 0. The summed E-state index contributed by atoms with van der Waals surface area (Å²) in [7, 11) is 0.